The summed E-state index contributed by atoms with van der Waals surface area (Å²) < 4.78 is 5.41. The van der Waals surface area contributed by atoms with Gasteiger partial charge in [0.1, 0.15) is 5.82 Å². The standard InChI is InChI=1S/C18H29N5O2/c1-11(12-4-3-5-12)21-17-15(16(19)24)10-20-18(23-17)22-13-6-8-14(25-2)9-7-13/h10-14H,3-9H2,1-2H3,(H2,19,24)(H2,20,21,22,23)/t11?,13-,14-. The zero-order chi connectivity index (χ0) is 17.8. The van der Waals surface area contributed by atoms with E-state index < -0.39 is 5.91 Å². The third kappa shape index (κ3) is 4.39. The molecule has 7 nitrogen and oxygen atoms in total. The van der Waals surface area contributed by atoms with E-state index in [9.17, 15) is 4.79 Å². The number of anilines is 2. The third-order valence-corrected chi connectivity index (χ3v) is 5.62. The van der Waals surface area contributed by atoms with E-state index in [0.717, 1.165) is 25.7 Å². The molecule has 0 aromatic carbocycles. The normalized spacial score (nSPS) is 25.0. The van der Waals surface area contributed by atoms with Gasteiger partial charge in [0.2, 0.25) is 5.95 Å². The summed E-state index contributed by atoms with van der Waals surface area (Å²) >= 11 is 0. The molecule has 0 radical (unpaired) electrons. The SMILES string of the molecule is CO[C@H]1CC[C@H](Nc2ncc(C(N)=O)c(NC(C)C3CCC3)n2)CC1. The Morgan fingerprint density at radius 2 is 2.00 bits per heavy atom. The van der Waals surface area contributed by atoms with Crippen molar-refractivity contribution in [1.29, 1.82) is 0 Å². The van der Waals surface area contributed by atoms with Gasteiger partial charge in [0, 0.05) is 25.4 Å². The van der Waals surface area contributed by atoms with Crippen LogP contribution in [-0.2, 0) is 4.74 Å². The lowest BCUT2D eigenvalue weighted by Crippen LogP contribution is -2.33. The molecule has 0 bridgehead atoms. The monoisotopic (exact) mass is 347 g/mol. The Kier molecular flexibility index (Phi) is 5.73. The molecule has 1 amide bonds. The van der Waals surface area contributed by atoms with Crippen LogP contribution in [0.4, 0.5) is 11.8 Å². The van der Waals surface area contributed by atoms with Crippen LogP contribution < -0.4 is 16.4 Å². The molecule has 2 aliphatic carbocycles. The maximum Gasteiger partial charge on any atom is 0.254 e. The molecule has 0 aliphatic heterocycles. The Morgan fingerprint density at radius 3 is 2.56 bits per heavy atom. The number of nitrogens with zero attached hydrogens (tertiary/aromatic N) is 2. The van der Waals surface area contributed by atoms with Crippen molar-refractivity contribution in [1.82, 2.24) is 9.97 Å². The van der Waals surface area contributed by atoms with Crippen molar-refractivity contribution in [3.8, 4) is 0 Å². The van der Waals surface area contributed by atoms with Gasteiger partial charge in [0.15, 0.2) is 0 Å². The summed E-state index contributed by atoms with van der Waals surface area (Å²) in [7, 11) is 1.77. The number of hydrogen-bond donors (Lipinski definition) is 3. The Morgan fingerprint density at radius 1 is 1.28 bits per heavy atom. The molecule has 0 spiro atoms. The number of primary amides is 1. The van der Waals surface area contributed by atoms with Crippen LogP contribution in [0.15, 0.2) is 6.20 Å². The molecule has 3 rings (SSSR count). The second-order valence-corrected chi connectivity index (χ2v) is 7.30. The van der Waals surface area contributed by atoms with Crippen molar-refractivity contribution in [3.05, 3.63) is 11.8 Å². The van der Waals surface area contributed by atoms with E-state index in [-0.39, 0.29) is 6.04 Å². The fourth-order valence-corrected chi connectivity index (χ4v) is 3.64. The third-order valence-electron chi connectivity index (χ3n) is 5.62. The van der Waals surface area contributed by atoms with Gasteiger partial charge in [-0.25, -0.2) is 4.98 Å². The number of nitrogens with two attached hydrogens (primary N) is 1. The van der Waals surface area contributed by atoms with Gasteiger partial charge in [-0.2, -0.15) is 4.98 Å². The molecule has 1 aromatic heterocycles. The van der Waals surface area contributed by atoms with Crippen LogP contribution in [0.3, 0.4) is 0 Å². The minimum Gasteiger partial charge on any atom is -0.381 e. The van der Waals surface area contributed by atoms with E-state index in [2.05, 4.69) is 27.5 Å². The lowest BCUT2D eigenvalue weighted by molar-refractivity contribution is 0.0681. The second-order valence-electron chi connectivity index (χ2n) is 7.30. The number of rotatable bonds is 7. The zero-order valence-electron chi connectivity index (χ0n) is 15.1. The van der Waals surface area contributed by atoms with Crippen molar-refractivity contribution in [3.63, 3.8) is 0 Å². The second kappa shape index (κ2) is 7.99. The minimum atomic E-state index is -0.504. The summed E-state index contributed by atoms with van der Waals surface area (Å²) in [6.45, 7) is 2.13. The fraction of sp³-hybridized carbons (Fsp3) is 0.722. The maximum absolute atomic E-state index is 11.7. The lowest BCUT2D eigenvalue weighted by Gasteiger charge is -2.32. The molecule has 4 N–H and O–H groups in total. The van der Waals surface area contributed by atoms with E-state index in [1.54, 1.807) is 7.11 Å². The highest BCUT2D eigenvalue weighted by atomic mass is 16.5. The predicted octanol–water partition coefficient (Wildman–Crippen LogP) is 2.55. The van der Waals surface area contributed by atoms with Crippen molar-refractivity contribution in [2.75, 3.05) is 17.7 Å². The van der Waals surface area contributed by atoms with Gasteiger partial charge in [0.25, 0.3) is 5.91 Å². The van der Waals surface area contributed by atoms with Crippen LogP contribution >= 0.6 is 0 Å². The summed E-state index contributed by atoms with van der Waals surface area (Å²) in [5.41, 5.74) is 5.83. The van der Waals surface area contributed by atoms with Gasteiger partial charge in [-0.05, 0) is 51.4 Å². The molecular weight excluding hydrogens is 318 g/mol. The first-order valence-electron chi connectivity index (χ1n) is 9.29. The van der Waals surface area contributed by atoms with Crippen molar-refractivity contribution < 1.29 is 9.53 Å². The largest absolute Gasteiger partial charge is 0.381 e. The number of ether oxygens (including phenoxy) is 1. The summed E-state index contributed by atoms with van der Waals surface area (Å²) in [5, 5.41) is 6.77. The van der Waals surface area contributed by atoms with Gasteiger partial charge in [0.05, 0.1) is 11.7 Å². The van der Waals surface area contributed by atoms with Crippen LogP contribution in [0.1, 0.15) is 62.2 Å². The van der Waals surface area contributed by atoms with E-state index in [1.807, 2.05) is 0 Å². The molecule has 1 unspecified atom stereocenters. The van der Waals surface area contributed by atoms with E-state index in [4.69, 9.17) is 10.5 Å². The molecule has 25 heavy (non-hydrogen) atoms. The number of hydrogen-bond acceptors (Lipinski definition) is 6. The molecule has 2 saturated carbocycles. The van der Waals surface area contributed by atoms with Crippen LogP contribution in [0.5, 0.6) is 0 Å². The molecule has 7 heteroatoms. The van der Waals surface area contributed by atoms with Crippen LogP contribution in [0.25, 0.3) is 0 Å². The van der Waals surface area contributed by atoms with E-state index in [1.165, 1.54) is 25.5 Å². The molecule has 2 aliphatic rings. The molecule has 1 heterocycles. The Labute approximate surface area is 149 Å². The number of methoxy groups -OCH3 is 1. The zero-order valence-corrected chi connectivity index (χ0v) is 15.1. The predicted molar refractivity (Wildman–Crippen MR) is 97.7 cm³/mol. The Bertz CT molecular complexity index is 597. The summed E-state index contributed by atoms with van der Waals surface area (Å²) in [5.74, 6) is 1.22. The highest BCUT2D eigenvalue weighted by Crippen LogP contribution is 2.31. The summed E-state index contributed by atoms with van der Waals surface area (Å²) in [4.78, 5) is 20.5. The first-order valence-corrected chi connectivity index (χ1v) is 9.29. The van der Waals surface area contributed by atoms with Gasteiger partial charge >= 0.3 is 0 Å². The fourth-order valence-electron chi connectivity index (χ4n) is 3.64. The number of amides is 1. The van der Waals surface area contributed by atoms with Gasteiger partial charge in [-0.15, -0.1) is 0 Å². The molecule has 138 valence electrons. The van der Waals surface area contributed by atoms with Gasteiger partial charge in [-0.1, -0.05) is 6.42 Å². The van der Waals surface area contributed by atoms with Crippen LogP contribution in [0.2, 0.25) is 0 Å². The quantitative estimate of drug-likeness (QED) is 0.700. The summed E-state index contributed by atoms with van der Waals surface area (Å²) in [6, 6.07) is 0.606. The minimum absolute atomic E-state index is 0.270. The summed E-state index contributed by atoms with van der Waals surface area (Å²) in [6.07, 6.45) is 9.74. The molecule has 1 atom stereocenters. The molecule has 0 saturated heterocycles. The molecule has 2 fully saturated rings. The first-order chi connectivity index (χ1) is 12.1. The average molecular weight is 347 g/mol. The van der Waals surface area contributed by atoms with Crippen molar-refractivity contribution >= 4 is 17.7 Å². The Hall–Kier alpha value is -1.89. The number of carbonyl (C=O) groups is 1. The Balaban J connectivity index is 1.68. The molecular formula is C18H29N5O2. The van der Waals surface area contributed by atoms with E-state index >= 15 is 0 Å². The number of carbonyl (C=O) groups excluding carboxylic acids is 1. The van der Waals surface area contributed by atoms with Gasteiger partial charge < -0.3 is 21.1 Å². The highest BCUT2D eigenvalue weighted by molar-refractivity contribution is 5.97. The topological polar surface area (TPSA) is 102 Å². The smallest absolute Gasteiger partial charge is 0.254 e. The average Bonchev–Trinajstić information content (AvgIpc) is 2.54. The lowest BCUT2D eigenvalue weighted by atomic mass is 9.80. The highest BCUT2D eigenvalue weighted by Gasteiger charge is 2.26. The van der Waals surface area contributed by atoms with Crippen molar-refractivity contribution in [2.45, 2.75) is 70.1 Å². The first kappa shape index (κ1) is 17.9. The maximum atomic E-state index is 11.7. The van der Waals surface area contributed by atoms with Crippen LogP contribution in [-0.4, -0.2) is 41.2 Å². The number of nitrogens with one attached hydrogen (secondary N) is 2. The number of aromatic nitrogens is 2. The van der Waals surface area contributed by atoms with Crippen molar-refractivity contribution in [2.24, 2.45) is 11.7 Å². The van der Waals surface area contributed by atoms with Crippen LogP contribution in [0, 0.1) is 5.92 Å². The van der Waals surface area contributed by atoms with Gasteiger partial charge in [-0.3, -0.25) is 4.79 Å². The van der Waals surface area contributed by atoms with E-state index in [0.29, 0.717) is 35.4 Å². The molecule has 1 aromatic rings.